The van der Waals surface area contributed by atoms with E-state index >= 15 is 0 Å². The average Bonchev–Trinajstić information content (AvgIpc) is 3.03. The highest BCUT2D eigenvalue weighted by Crippen LogP contribution is 2.57. The van der Waals surface area contributed by atoms with Crippen LogP contribution in [0.1, 0.15) is 30.4 Å². The molecule has 1 spiro atoms. The maximum absolute atomic E-state index is 14.1. The van der Waals surface area contributed by atoms with Crippen LogP contribution in [0.25, 0.3) is 0 Å². The van der Waals surface area contributed by atoms with Crippen molar-refractivity contribution in [1.29, 1.82) is 0 Å². The maximum Gasteiger partial charge on any atom is 0.339 e. The number of nitrogens with zero attached hydrogens (tertiary/aromatic N) is 2. The van der Waals surface area contributed by atoms with Crippen LogP contribution in [-0.4, -0.2) is 31.8 Å². The molecule has 0 radical (unpaired) electrons. The third-order valence-corrected chi connectivity index (χ3v) is 7.48. The molecule has 0 bridgehead atoms. The first-order chi connectivity index (χ1) is 16.2. The van der Waals surface area contributed by atoms with E-state index in [0.29, 0.717) is 41.8 Å². The van der Waals surface area contributed by atoms with Crippen molar-refractivity contribution < 1.29 is 19.1 Å². The number of carbonyl (C=O) groups is 3. The fraction of sp³-hybridized carbons (Fsp3) is 0.269. The van der Waals surface area contributed by atoms with Crippen molar-refractivity contribution in [2.45, 2.75) is 31.6 Å². The number of aryl methyl sites for hydroxylation is 1. The summed E-state index contributed by atoms with van der Waals surface area (Å²) in [6, 6.07) is 12.9. The normalized spacial score (nSPS) is 21.9. The molecule has 7 nitrogen and oxygen atoms in total. The van der Waals surface area contributed by atoms with Gasteiger partial charge in [0.2, 0.25) is 5.91 Å². The van der Waals surface area contributed by atoms with Crippen LogP contribution >= 0.6 is 15.9 Å². The molecule has 8 heteroatoms. The first kappa shape index (κ1) is 22.4. The molecule has 0 fully saturated rings. The first-order valence-electron chi connectivity index (χ1n) is 11.0. The lowest BCUT2D eigenvalue weighted by atomic mass is 9.63. The Hall–Kier alpha value is -3.39. The molecule has 0 saturated carbocycles. The molecular formula is C26H24BrN3O4. The molecule has 1 aliphatic carbocycles. The van der Waals surface area contributed by atoms with Crippen molar-refractivity contribution in [3.63, 3.8) is 0 Å². The fourth-order valence-electron chi connectivity index (χ4n) is 5.60. The number of fused-ring (bicyclic) bond motifs is 3. The second-order valence-corrected chi connectivity index (χ2v) is 9.66. The highest BCUT2D eigenvalue weighted by Gasteiger charge is 2.63. The average molecular weight is 522 g/mol. The zero-order valence-corrected chi connectivity index (χ0v) is 20.7. The molecule has 3 aliphatic rings. The molecule has 1 atom stereocenters. The van der Waals surface area contributed by atoms with Crippen LogP contribution < -0.4 is 15.5 Å². The summed E-state index contributed by atoms with van der Waals surface area (Å²) >= 11 is 3.49. The molecule has 5 rings (SSSR count). The molecule has 0 aromatic heterocycles. The molecule has 34 heavy (non-hydrogen) atoms. The van der Waals surface area contributed by atoms with Crippen LogP contribution in [-0.2, 0) is 24.5 Å². The number of anilines is 2. The van der Waals surface area contributed by atoms with E-state index in [0.717, 1.165) is 15.7 Å². The number of hydrogen-bond donors (Lipinski definition) is 1. The van der Waals surface area contributed by atoms with Crippen molar-refractivity contribution in [1.82, 2.24) is 0 Å². The quantitative estimate of drug-likeness (QED) is 0.603. The van der Waals surface area contributed by atoms with E-state index in [4.69, 9.17) is 10.5 Å². The van der Waals surface area contributed by atoms with Crippen LogP contribution in [0, 0.1) is 6.92 Å². The number of benzene rings is 2. The number of nitrogens with two attached hydrogens (primary N) is 1. The number of hydrogen-bond acceptors (Lipinski definition) is 6. The number of methoxy groups -OCH3 is 1. The van der Waals surface area contributed by atoms with Gasteiger partial charge in [0, 0.05) is 40.5 Å². The van der Waals surface area contributed by atoms with Crippen LogP contribution in [0.15, 0.2) is 69.6 Å². The summed E-state index contributed by atoms with van der Waals surface area (Å²) in [5.74, 6) is -1.18. The van der Waals surface area contributed by atoms with Gasteiger partial charge in [0.1, 0.15) is 16.8 Å². The van der Waals surface area contributed by atoms with Crippen molar-refractivity contribution in [2.75, 3.05) is 24.0 Å². The third-order valence-electron chi connectivity index (χ3n) is 6.99. The summed E-state index contributed by atoms with van der Waals surface area (Å²) in [6.45, 7) is 1.93. The van der Waals surface area contributed by atoms with Gasteiger partial charge >= 0.3 is 5.97 Å². The van der Waals surface area contributed by atoms with Gasteiger partial charge in [-0.15, -0.1) is 0 Å². The largest absolute Gasteiger partial charge is 0.466 e. The number of amides is 1. The highest BCUT2D eigenvalue weighted by molar-refractivity contribution is 9.10. The standard InChI is InChI=1S/C26H24BrN3O4/c1-14-13-15(27)11-12-17(14)30-19-9-6-10-20(31)21(19)26(22(23(30)28)24(32)34-3)16-7-4-5-8-18(16)29(2)25(26)33/h4-5,7-8,11-13H,6,9-10,28H2,1-3H3. The van der Waals surface area contributed by atoms with Crippen LogP contribution in [0.5, 0.6) is 0 Å². The minimum absolute atomic E-state index is 0.0203. The van der Waals surface area contributed by atoms with Gasteiger partial charge in [-0.3, -0.25) is 14.5 Å². The van der Waals surface area contributed by atoms with Gasteiger partial charge in [0.05, 0.1) is 12.8 Å². The number of likely N-dealkylation sites (N-methyl/N-ethyl adjacent to an activating group) is 1. The van der Waals surface area contributed by atoms with E-state index in [1.54, 1.807) is 24.1 Å². The van der Waals surface area contributed by atoms with E-state index < -0.39 is 11.4 Å². The van der Waals surface area contributed by atoms with Crippen molar-refractivity contribution >= 4 is 45.0 Å². The predicted molar refractivity (Wildman–Crippen MR) is 132 cm³/mol. The number of allylic oxidation sites excluding steroid dienone is 1. The Bertz CT molecular complexity index is 1350. The zero-order valence-electron chi connectivity index (χ0n) is 19.1. The van der Waals surface area contributed by atoms with Gasteiger partial charge in [0.15, 0.2) is 5.78 Å². The maximum atomic E-state index is 14.1. The molecule has 1 amide bonds. The van der Waals surface area contributed by atoms with Crippen molar-refractivity contribution in [3.05, 3.63) is 80.7 Å². The Balaban J connectivity index is 1.93. The summed E-state index contributed by atoms with van der Waals surface area (Å²) in [5.41, 5.74) is 8.95. The van der Waals surface area contributed by atoms with Gasteiger partial charge < -0.3 is 15.4 Å². The Morgan fingerprint density at radius 3 is 2.56 bits per heavy atom. The molecule has 2 heterocycles. The van der Waals surface area contributed by atoms with E-state index in [9.17, 15) is 14.4 Å². The van der Waals surface area contributed by atoms with E-state index in [-0.39, 0.29) is 23.1 Å². The van der Waals surface area contributed by atoms with Gasteiger partial charge in [-0.2, -0.15) is 0 Å². The smallest absolute Gasteiger partial charge is 0.339 e. The molecule has 2 aromatic rings. The van der Waals surface area contributed by atoms with Crippen molar-refractivity contribution in [3.8, 4) is 0 Å². The second kappa shape index (κ2) is 7.84. The van der Waals surface area contributed by atoms with E-state index in [2.05, 4.69) is 15.9 Å². The molecule has 2 aromatic carbocycles. The molecule has 2 N–H and O–H groups in total. The summed E-state index contributed by atoms with van der Waals surface area (Å²) in [5, 5.41) is 0. The van der Waals surface area contributed by atoms with E-state index in [1.807, 2.05) is 37.3 Å². The predicted octanol–water partition coefficient (Wildman–Crippen LogP) is 3.84. The van der Waals surface area contributed by atoms with Gasteiger partial charge in [0.25, 0.3) is 0 Å². The minimum atomic E-state index is -1.64. The number of ether oxygens (including phenoxy) is 1. The number of carbonyl (C=O) groups excluding carboxylic acids is 3. The minimum Gasteiger partial charge on any atom is -0.466 e. The lowest BCUT2D eigenvalue weighted by Crippen LogP contribution is -2.54. The van der Waals surface area contributed by atoms with Crippen LogP contribution in [0.3, 0.4) is 0 Å². The topological polar surface area (TPSA) is 92.9 Å². The fourth-order valence-corrected chi connectivity index (χ4v) is 6.07. The van der Waals surface area contributed by atoms with Crippen molar-refractivity contribution in [2.24, 2.45) is 5.73 Å². The van der Waals surface area contributed by atoms with Gasteiger partial charge in [-0.05, 0) is 49.6 Å². The molecule has 2 aliphatic heterocycles. The monoisotopic (exact) mass is 521 g/mol. The SMILES string of the molecule is COC(=O)C1=C(N)N(c2ccc(Br)cc2C)C2=C(C(=O)CCC2)C12C(=O)N(C)c1ccccc12. The highest BCUT2D eigenvalue weighted by atomic mass is 79.9. The van der Waals surface area contributed by atoms with Gasteiger partial charge in [-0.1, -0.05) is 34.1 Å². The zero-order chi connectivity index (χ0) is 24.4. The van der Waals surface area contributed by atoms with Crippen LogP contribution in [0.2, 0.25) is 0 Å². The second-order valence-electron chi connectivity index (χ2n) is 8.75. The molecule has 174 valence electrons. The van der Waals surface area contributed by atoms with Crippen LogP contribution in [0.4, 0.5) is 11.4 Å². The number of Topliss-reactive ketones (excluding diaryl/α,β-unsaturated/α-hetero) is 1. The number of halogens is 1. The third kappa shape index (κ3) is 2.78. The summed E-state index contributed by atoms with van der Waals surface area (Å²) in [6.07, 6.45) is 1.47. The lowest BCUT2D eigenvalue weighted by molar-refractivity contribution is -0.138. The number of rotatable bonds is 2. The van der Waals surface area contributed by atoms with E-state index in [1.165, 1.54) is 12.0 Å². The first-order valence-corrected chi connectivity index (χ1v) is 11.8. The summed E-state index contributed by atoms with van der Waals surface area (Å²) < 4.78 is 6.08. The Labute approximate surface area is 206 Å². The molecule has 1 unspecified atom stereocenters. The lowest BCUT2D eigenvalue weighted by Gasteiger charge is -2.45. The summed E-state index contributed by atoms with van der Waals surface area (Å²) in [7, 11) is 2.91. The molecular weight excluding hydrogens is 498 g/mol. The Morgan fingerprint density at radius 1 is 1.12 bits per heavy atom. The number of ketones is 1. The summed E-state index contributed by atoms with van der Waals surface area (Å²) in [4.78, 5) is 44.4. The van der Waals surface area contributed by atoms with Gasteiger partial charge in [-0.25, -0.2) is 4.79 Å². The Morgan fingerprint density at radius 2 is 1.85 bits per heavy atom. The Kier molecular flexibility index (Phi) is 5.16. The number of para-hydroxylation sites is 1. The number of esters is 1. The molecule has 0 saturated heterocycles.